The van der Waals surface area contributed by atoms with Crippen LogP contribution in [0.25, 0.3) is 11.3 Å². The van der Waals surface area contributed by atoms with Gasteiger partial charge in [0.05, 0.1) is 24.4 Å². The van der Waals surface area contributed by atoms with Crippen LogP contribution in [0, 0.1) is 13.8 Å². The largest absolute Gasteiger partial charge is 0.444 e. The zero-order valence-corrected chi connectivity index (χ0v) is 27.2. The number of hydrogen-bond acceptors (Lipinski definition) is 8. The van der Waals surface area contributed by atoms with E-state index in [1.165, 1.54) is 17.1 Å². The minimum atomic E-state index is -4.07. The van der Waals surface area contributed by atoms with Crippen molar-refractivity contribution < 1.29 is 31.5 Å². The molecule has 46 heavy (non-hydrogen) atoms. The SMILES string of the molecule is Cc1cccc(C)c1-c1cc(Oc2ccc(C3CCN(C(=O)OC(C)(C)C)CC3(F)F)cc2)nc(NS(=O)(=O)c2cnn(C)c2)n1. The first-order valence-electron chi connectivity index (χ1n) is 14.6. The molecule has 1 fully saturated rings. The lowest BCUT2D eigenvalue weighted by Gasteiger charge is -2.39. The van der Waals surface area contributed by atoms with Gasteiger partial charge in [-0.25, -0.2) is 31.7 Å². The third kappa shape index (κ3) is 7.44. The summed E-state index contributed by atoms with van der Waals surface area (Å²) in [5.74, 6) is -4.16. The van der Waals surface area contributed by atoms with Crippen LogP contribution in [0.15, 0.2) is 65.8 Å². The Morgan fingerprint density at radius 2 is 1.74 bits per heavy atom. The van der Waals surface area contributed by atoms with E-state index in [0.717, 1.165) is 21.6 Å². The van der Waals surface area contributed by atoms with Crippen LogP contribution < -0.4 is 9.46 Å². The third-order valence-electron chi connectivity index (χ3n) is 7.41. The van der Waals surface area contributed by atoms with Crippen LogP contribution in [-0.2, 0) is 21.8 Å². The van der Waals surface area contributed by atoms with Crippen molar-refractivity contribution >= 4 is 22.1 Å². The standard InChI is InChI=1S/C32H36F2N6O5S/c1-20-8-7-9-21(2)28(20)26-16-27(37-29(36-26)38-46(42,43)24-17-35-39(6)18-24)44-23-12-10-22(11-13-23)25-14-15-40(19-32(25,33)34)30(41)45-31(3,4)5/h7-13,16-18,25H,14-15,19H2,1-6H3,(H,36,37,38). The fourth-order valence-corrected chi connectivity index (χ4v) is 6.23. The zero-order chi connectivity index (χ0) is 33.4. The molecule has 0 spiro atoms. The molecule has 244 valence electrons. The molecule has 11 nitrogen and oxygen atoms in total. The van der Waals surface area contributed by atoms with Gasteiger partial charge in [0.2, 0.25) is 11.8 Å². The molecule has 3 heterocycles. The molecule has 0 saturated carbocycles. The highest BCUT2D eigenvalue weighted by Crippen LogP contribution is 2.41. The molecular weight excluding hydrogens is 618 g/mol. The number of carbonyl (C=O) groups is 1. The predicted molar refractivity (Wildman–Crippen MR) is 168 cm³/mol. The second-order valence-electron chi connectivity index (χ2n) is 12.3. The lowest BCUT2D eigenvalue weighted by Crippen LogP contribution is -2.50. The van der Waals surface area contributed by atoms with Crippen LogP contribution in [-0.4, -0.2) is 63.8 Å². The topological polar surface area (TPSA) is 129 Å². The molecular formula is C32H36F2N6O5S. The first-order chi connectivity index (χ1) is 21.5. The number of nitrogens with zero attached hydrogens (tertiary/aromatic N) is 5. The molecule has 1 aliphatic heterocycles. The summed E-state index contributed by atoms with van der Waals surface area (Å²) in [6.07, 6.45) is 1.85. The Morgan fingerprint density at radius 3 is 2.33 bits per heavy atom. The summed E-state index contributed by atoms with van der Waals surface area (Å²) >= 11 is 0. The number of ether oxygens (including phenoxy) is 2. The van der Waals surface area contributed by atoms with Crippen LogP contribution in [0.5, 0.6) is 11.6 Å². The highest BCUT2D eigenvalue weighted by atomic mass is 32.2. The summed E-state index contributed by atoms with van der Waals surface area (Å²) in [7, 11) is -2.47. The predicted octanol–water partition coefficient (Wildman–Crippen LogP) is 6.45. The highest BCUT2D eigenvalue weighted by Gasteiger charge is 2.47. The summed E-state index contributed by atoms with van der Waals surface area (Å²) < 4.78 is 71.7. The highest BCUT2D eigenvalue weighted by molar-refractivity contribution is 7.92. The van der Waals surface area contributed by atoms with Gasteiger partial charge in [-0.15, -0.1) is 0 Å². The number of aryl methyl sites for hydroxylation is 3. The number of amides is 1. The van der Waals surface area contributed by atoms with Crippen molar-refractivity contribution in [2.75, 3.05) is 17.8 Å². The summed E-state index contributed by atoms with van der Waals surface area (Å²) in [5, 5.41) is 3.92. The van der Waals surface area contributed by atoms with Crippen LogP contribution in [0.1, 0.15) is 49.8 Å². The summed E-state index contributed by atoms with van der Waals surface area (Å²) in [6, 6.07) is 13.5. The van der Waals surface area contributed by atoms with E-state index in [1.807, 2.05) is 32.0 Å². The average Bonchev–Trinajstić information content (AvgIpc) is 3.39. The van der Waals surface area contributed by atoms with Gasteiger partial charge in [0, 0.05) is 31.4 Å². The first-order valence-corrected chi connectivity index (χ1v) is 16.1. The van der Waals surface area contributed by atoms with Gasteiger partial charge in [-0.2, -0.15) is 10.1 Å². The lowest BCUT2D eigenvalue weighted by molar-refractivity contribution is -0.0848. The molecule has 2 aromatic heterocycles. The first kappa shape index (κ1) is 32.8. The number of likely N-dealkylation sites (tertiary alicyclic amines) is 1. The van der Waals surface area contributed by atoms with Gasteiger partial charge in [-0.05, 0) is 69.9 Å². The zero-order valence-electron chi connectivity index (χ0n) is 26.4. The number of alkyl halides is 2. The fourth-order valence-electron chi connectivity index (χ4n) is 5.31. The van der Waals surface area contributed by atoms with Gasteiger partial charge in [-0.1, -0.05) is 30.3 Å². The molecule has 4 aromatic rings. The number of hydrogen-bond donors (Lipinski definition) is 1. The van der Waals surface area contributed by atoms with Gasteiger partial charge >= 0.3 is 6.09 Å². The Hall–Kier alpha value is -4.59. The van der Waals surface area contributed by atoms with Crippen molar-refractivity contribution in [1.82, 2.24) is 24.6 Å². The molecule has 1 amide bonds. The minimum absolute atomic E-state index is 0.0419. The van der Waals surface area contributed by atoms with E-state index in [1.54, 1.807) is 58.2 Å². The molecule has 2 aromatic carbocycles. The molecule has 1 saturated heterocycles. The molecule has 0 radical (unpaired) electrons. The monoisotopic (exact) mass is 654 g/mol. The number of aromatic nitrogens is 4. The summed E-state index contributed by atoms with van der Waals surface area (Å²) in [4.78, 5) is 22.1. The van der Waals surface area contributed by atoms with Gasteiger partial charge in [0.15, 0.2) is 0 Å². The number of anilines is 1. The molecule has 1 aliphatic rings. The van der Waals surface area contributed by atoms with E-state index in [9.17, 15) is 13.2 Å². The molecule has 5 rings (SSSR count). The van der Waals surface area contributed by atoms with E-state index < -0.39 is 40.1 Å². The van der Waals surface area contributed by atoms with Crippen molar-refractivity contribution in [2.24, 2.45) is 7.05 Å². The van der Waals surface area contributed by atoms with Gasteiger partial charge in [0.25, 0.3) is 15.9 Å². The Kier molecular flexibility index (Phi) is 8.77. The number of carbonyl (C=O) groups excluding carboxylic acids is 1. The van der Waals surface area contributed by atoms with Gasteiger partial charge < -0.3 is 14.4 Å². The average molecular weight is 655 g/mol. The second kappa shape index (κ2) is 12.3. The molecule has 0 bridgehead atoms. The number of piperidine rings is 1. The summed E-state index contributed by atoms with van der Waals surface area (Å²) in [6.45, 7) is 8.28. The van der Waals surface area contributed by atoms with E-state index in [4.69, 9.17) is 9.47 Å². The molecule has 1 atom stereocenters. The van der Waals surface area contributed by atoms with E-state index in [2.05, 4.69) is 19.8 Å². The summed E-state index contributed by atoms with van der Waals surface area (Å²) in [5.41, 5.74) is 2.64. The second-order valence-corrected chi connectivity index (χ2v) is 14.0. The van der Waals surface area contributed by atoms with Crippen LogP contribution in [0.2, 0.25) is 0 Å². The number of sulfonamides is 1. The Labute approximate surface area is 266 Å². The smallest absolute Gasteiger partial charge is 0.410 e. The van der Waals surface area contributed by atoms with Crippen LogP contribution in [0.4, 0.5) is 19.5 Å². The van der Waals surface area contributed by atoms with Gasteiger partial charge in [0.1, 0.15) is 16.2 Å². The number of halogens is 2. The molecule has 0 aliphatic carbocycles. The Bertz CT molecular complexity index is 1840. The van der Waals surface area contributed by atoms with Gasteiger partial charge in [-0.3, -0.25) is 4.68 Å². The third-order valence-corrected chi connectivity index (χ3v) is 8.70. The van der Waals surface area contributed by atoms with Crippen molar-refractivity contribution in [3.8, 4) is 22.9 Å². The molecule has 14 heteroatoms. The maximum Gasteiger partial charge on any atom is 0.410 e. The lowest BCUT2D eigenvalue weighted by atomic mass is 9.86. The maximum absolute atomic E-state index is 15.3. The quantitative estimate of drug-likeness (QED) is 0.241. The normalized spacial score (nSPS) is 16.6. The Balaban J connectivity index is 1.39. The van der Waals surface area contributed by atoms with Crippen LogP contribution >= 0.6 is 0 Å². The molecule has 1 unspecified atom stereocenters. The number of nitrogens with one attached hydrogen (secondary N) is 1. The minimum Gasteiger partial charge on any atom is -0.444 e. The molecule has 1 N–H and O–H groups in total. The fraction of sp³-hybridized carbons (Fsp3) is 0.375. The van der Waals surface area contributed by atoms with E-state index >= 15 is 8.78 Å². The van der Waals surface area contributed by atoms with Crippen LogP contribution in [0.3, 0.4) is 0 Å². The van der Waals surface area contributed by atoms with Crippen molar-refractivity contribution in [2.45, 2.75) is 63.4 Å². The van der Waals surface area contributed by atoms with Crippen molar-refractivity contribution in [3.05, 3.63) is 77.6 Å². The maximum atomic E-state index is 15.3. The van der Waals surface area contributed by atoms with Crippen molar-refractivity contribution in [3.63, 3.8) is 0 Å². The van der Waals surface area contributed by atoms with Crippen molar-refractivity contribution in [1.29, 1.82) is 0 Å². The van der Waals surface area contributed by atoms with E-state index in [-0.39, 0.29) is 29.7 Å². The Morgan fingerprint density at radius 1 is 1.07 bits per heavy atom. The number of rotatable bonds is 7. The number of benzene rings is 2. The van der Waals surface area contributed by atoms with E-state index in [0.29, 0.717) is 17.0 Å².